The Balaban J connectivity index is 1.43. The number of rotatable bonds is 5. The van der Waals surface area contributed by atoms with Crippen molar-refractivity contribution in [3.05, 3.63) is 54.4 Å². The summed E-state index contributed by atoms with van der Waals surface area (Å²) in [6, 6.07) is 11.1. The number of hydrogen-bond donors (Lipinski definition) is 0. The second-order valence-electron chi connectivity index (χ2n) is 6.11. The van der Waals surface area contributed by atoms with Gasteiger partial charge < -0.3 is 18.6 Å². The minimum Gasteiger partial charge on any atom is -0.497 e. The van der Waals surface area contributed by atoms with Gasteiger partial charge in [-0.05, 0) is 36.4 Å². The van der Waals surface area contributed by atoms with E-state index >= 15 is 0 Å². The highest BCUT2D eigenvalue weighted by molar-refractivity contribution is 7.92. The third-order valence-electron chi connectivity index (χ3n) is 4.46. The lowest BCUT2D eigenvalue weighted by Gasteiger charge is -2.38. The number of furan rings is 1. The van der Waals surface area contributed by atoms with E-state index in [1.807, 2.05) is 0 Å². The molecule has 27 heavy (non-hydrogen) atoms. The van der Waals surface area contributed by atoms with E-state index in [0.29, 0.717) is 17.3 Å². The van der Waals surface area contributed by atoms with Gasteiger partial charge in [0.15, 0.2) is 21.3 Å². The van der Waals surface area contributed by atoms with Crippen LogP contribution in [0.15, 0.2) is 62.6 Å². The summed E-state index contributed by atoms with van der Waals surface area (Å²) in [6.07, 6.45) is 1.49. The van der Waals surface area contributed by atoms with Crippen molar-refractivity contribution < 1.29 is 26.9 Å². The molecule has 0 unspecified atom stereocenters. The molecule has 3 heterocycles. The molecule has 0 radical (unpaired) electrons. The molecule has 3 aromatic rings. The van der Waals surface area contributed by atoms with Crippen molar-refractivity contribution in [3.63, 3.8) is 0 Å². The summed E-state index contributed by atoms with van der Waals surface area (Å²) in [4.78, 5) is 14.1. The summed E-state index contributed by atoms with van der Waals surface area (Å²) >= 11 is 0. The number of amides is 1. The van der Waals surface area contributed by atoms with Crippen molar-refractivity contribution in [2.75, 3.05) is 20.2 Å². The first kappa shape index (κ1) is 17.3. The van der Waals surface area contributed by atoms with E-state index in [1.54, 1.807) is 24.3 Å². The molecule has 8 nitrogen and oxygen atoms in total. The molecular formula is C18H16N2O6S. The summed E-state index contributed by atoms with van der Waals surface area (Å²) in [7, 11) is -2.00. The van der Waals surface area contributed by atoms with Crippen LogP contribution in [0.5, 0.6) is 5.75 Å². The molecule has 1 aliphatic rings. The van der Waals surface area contributed by atoms with E-state index in [0.717, 1.165) is 0 Å². The first-order chi connectivity index (χ1) is 13.0. The summed E-state index contributed by atoms with van der Waals surface area (Å²) < 4.78 is 40.7. The van der Waals surface area contributed by atoms with Crippen LogP contribution in [0.2, 0.25) is 0 Å². The molecule has 4 rings (SSSR count). The number of methoxy groups -OCH3 is 1. The smallest absolute Gasteiger partial charge is 0.276 e. The number of ether oxygens (including phenoxy) is 1. The first-order valence-corrected chi connectivity index (χ1v) is 9.71. The average Bonchev–Trinajstić information content (AvgIpc) is 3.31. The molecule has 9 heteroatoms. The summed E-state index contributed by atoms with van der Waals surface area (Å²) in [5, 5.41) is 3.10. The lowest BCUT2D eigenvalue weighted by molar-refractivity contribution is 0.0648. The zero-order chi connectivity index (χ0) is 19.0. The zero-order valence-electron chi connectivity index (χ0n) is 14.4. The molecule has 1 amide bonds. The van der Waals surface area contributed by atoms with E-state index in [9.17, 15) is 13.2 Å². The number of aromatic nitrogens is 1. The van der Waals surface area contributed by atoms with Gasteiger partial charge in [-0.1, -0.05) is 5.16 Å². The van der Waals surface area contributed by atoms with Gasteiger partial charge in [-0.3, -0.25) is 4.79 Å². The van der Waals surface area contributed by atoms with Crippen LogP contribution in [-0.2, 0) is 9.84 Å². The number of hydrogen-bond acceptors (Lipinski definition) is 7. The maximum absolute atomic E-state index is 12.7. The van der Waals surface area contributed by atoms with Crippen molar-refractivity contribution in [2.45, 2.75) is 10.1 Å². The maximum Gasteiger partial charge on any atom is 0.276 e. The van der Waals surface area contributed by atoms with Crippen LogP contribution in [-0.4, -0.2) is 49.8 Å². The second kappa shape index (κ2) is 6.58. The standard InChI is InChI=1S/C18H16N2O6S/c1-24-12-4-6-13(7-5-12)27(22,23)14-10-20(11-14)18(21)15-9-17(26-19-15)16-3-2-8-25-16/h2-9,14H,10-11H2,1H3. The number of benzene rings is 1. The number of likely N-dealkylation sites (tertiary alicyclic amines) is 1. The SMILES string of the molecule is COc1ccc(S(=O)(=O)C2CN(C(=O)c3cc(-c4ccco4)on3)C2)cc1. The lowest BCUT2D eigenvalue weighted by Crippen LogP contribution is -2.56. The normalized spacial score (nSPS) is 14.8. The molecule has 1 aliphatic heterocycles. The van der Waals surface area contributed by atoms with Crippen molar-refractivity contribution >= 4 is 15.7 Å². The van der Waals surface area contributed by atoms with Crippen LogP contribution in [0.25, 0.3) is 11.5 Å². The Morgan fingerprint density at radius 1 is 1.19 bits per heavy atom. The van der Waals surface area contributed by atoms with Gasteiger partial charge in [0.25, 0.3) is 5.91 Å². The van der Waals surface area contributed by atoms with Gasteiger partial charge in [-0.15, -0.1) is 0 Å². The fourth-order valence-electron chi connectivity index (χ4n) is 2.83. The van der Waals surface area contributed by atoms with Crippen LogP contribution in [0, 0.1) is 0 Å². The van der Waals surface area contributed by atoms with Crippen molar-refractivity contribution in [2.24, 2.45) is 0 Å². The predicted molar refractivity (Wildman–Crippen MR) is 94.1 cm³/mol. The lowest BCUT2D eigenvalue weighted by atomic mass is 10.2. The quantitative estimate of drug-likeness (QED) is 0.660. The Hall–Kier alpha value is -3.07. The number of carbonyl (C=O) groups is 1. The van der Waals surface area contributed by atoms with Crippen molar-refractivity contribution in [1.82, 2.24) is 10.1 Å². The Labute approximate surface area is 155 Å². The second-order valence-corrected chi connectivity index (χ2v) is 8.33. The topological polar surface area (TPSA) is 103 Å². The minimum atomic E-state index is -3.51. The Morgan fingerprint density at radius 3 is 2.56 bits per heavy atom. The molecule has 0 aliphatic carbocycles. The van der Waals surface area contributed by atoms with Gasteiger partial charge in [0.1, 0.15) is 11.0 Å². The van der Waals surface area contributed by atoms with E-state index in [1.165, 1.54) is 36.5 Å². The molecular weight excluding hydrogens is 372 g/mol. The summed E-state index contributed by atoms with van der Waals surface area (Å²) in [5.41, 5.74) is 0.113. The molecule has 0 N–H and O–H groups in total. The molecule has 140 valence electrons. The molecule has 0 atom stereocenters. The van der Waals surface area contributed by atoms with Crippen LogP contribution in [0.1, 0.15) is 10.5 Å². The molecule has 1 fully saturated rings. The van der Waals surface area contributed by atoms with Crippen LogP contribution < -0.4 is 4.74 Å². The maximum atomic E-state index is 12.7. The van der Waals surface area contributed by atoms with Gasteiger partial charge in [-0.25, -0.2) is 8.42 Å². The van der Waals surface area contributed by atoms with Crippen molar-refractivity contribution in [3.8, 4) is 17.3 Å². The third kappa shape index (κ3) is 3.10. The molecule has 1 saturated heterocycles. The fraction of sp³-hybridized carbons (Fsp3) is 0.222. The van der Waals surface area contributed by atoms with Gasteiger partial charge >= 0.3 is 0 Å². The summed E-state index contributed by atoms with van der Waals surface area (Å²) in [5.74, 6) is 1.01. The largest absolute Gasteiger partial charge is 0.497 e. The number of carbonyl (C=O) groups excluding carboxylic acids is 1. The molecule has 0 spiro atoms. The van der Waals surface area contributed by atoms with Gasteiger partial charge in [0, 0.05) is 19.2 Å². The molecule has 0 bridgehead atoms. The Kier molecular flexibility index (Phi) is 4.23. The fourth-order valence-corrected chi connectivity index (χ4v) is 4.48. The Bertz CT molecular complexity index is 1050. The highest BCUT2D eigenvalue weighted by Gasteiger charge is 2.41. The van der Waals surface area contributed by atoms with E-state index in [-0.39, 0.29) is 29.6 Å². The third-order valence-corrected chi connectivity index (χ3v) is 6.56. The highest BCUT2D eigenvalue weighted by Crippen LogP contribution is 2.27. The number of nitrogens with zero attached hydrogens (tertiary/aromatic N) is 2. The first-order valence-electron chi connectivity index (χ1n) is 8.17. The van der Waals surface area contributed by atoms with Crippen LogP contribution in [0.3, 0.4) is 0 Å². The van der Waals surface area contributed by atoms with Crippen LogP contribution in [0.4, 0.5) is 0 Å². The monoisotopic (exact) mass is 388 g/mol. The minimum absolute atomic E-state index is 0.107. The summed E-state index contributed by atoms with van der Waals surface area (Å²) in [6.45, 7) is 0.215. The van der Waals surface area contributed by atoms with Gasteiger partial charge in [0.05, 0.1) is 18.3 Å². The zero-order valence-corrected chi connectivity index (χ0v) is 15.2. The van der Waals surface area contributed by atoms with E-state index < -0.39 is 15.1 Å². The highest BCUT2D eigenvalue weighted by atomic mass is 32.2. The van der Waals surface area contributed by atoms with Gasteiger partial charge in [0.2, 0.25) is 5.76 Å². The molecule has 2 aromatic heterocycles. The van der Waals surface area contributed by atoms with Crippen LogP contribution >= 0.6 is 0 Å². The Morgan fingerprint density at radius 2 is 1.93 bits per heavy atom. The molecule has 1 aromatic carbocycles. The van der Waals surface area contributed by atoms with Crippen molar-refractivity contribution in [1.29, 1.82) is 0 Å². The molecule has 0 saturated carbocycles. The van der Waals surface area contributed by atoms with E-state index in [4.69, 9.17) is 13.7 Å². The number of sulfone groups is 1. The van der Waals surface area contributed by atoms with Gasteiger partial charge in [-0.2, -0.15) is 0 Å². The van der Waals surface area contributed by atoms with E-state index in [2.05, 4.69) is 5.16 Å². The average molecular weight is 388 g/mol. The predicted octanol–water partition coefficient (Wildman–Crippen LogP) is 2.24.